The second-order valence-corrected chi connectivity index (χ2v) is 17.9. The van der Waals surface area contributed by atoms with Crippen molar-refractivity contribution in [2.45, 2.75) is 290 Å². The van der Waals surface area contributed by atoms with Gasteiger partial charge in [0.2, 0.25) is 0 Å². The van der Waals surface area contributed by atoms with Crippen LogP contribution in [0.2, 0.25) is 0 Å². The van der Waals surface area contributed by atoms with Crippen LogP contribution >= 0.6 is 0 Å². The number of hydrogen-bond donors (Lipinski definition) is 1. The Morgan fingerprint density at radius 1 is 0.407 bits per heavy atom. The van der Waals surface area contributed by atoms with Gasteiger partial charge in [-0.1, -0.05) is 243 Å². The van der Waals surface area contributed by atoms with Crippen molar-refractivity contribution < 1.29 is 19.4 Å². The Morgan fingerprint density at radius 2 is 0.712 bits per heavy atom. The predicted octanol–water partition coefficient (Wildman–Crippen LogP) is 18.0. The molecule has 4 heteroatoms. The molecule has 0 aliphatic rings. The third kappa shape index (κ3) is 50.9. The van der Waals surface area contributed by atoms with E-state index >= 15 is 0 Å². The Bertz CT molecular complexity index is 878. The van der Waals surface area contributed by atoms with Crippen LogP contribution < -0.4 is 0 Å². The topological polar surface area (TPSA) is 55.8 Å². The molecule has 1 unspecified atom stereocenters. The van der Waals surface area contributed by atoms with Gasteiger partial charge in [0.1, 0.15) is 6.10 Å². The minimum absolute atomic E-state index is 0.171. The van der Waals surface area contributed by atoms with Gasteiger partial charge in [-0.2, -0.15) is 0 Å². The molecule has 0 saturated heterocycles. The number of esters is 1. The molecule has 0 radical (unpaired) electrons. The van der Waals surface area contributed by atoms with E-state index in [2.05, 4.69) is 50.3 Å². The zero-order valence-corrected chi connectivity index (χ0v) is 40.0. The number of carbonyl (C=O) groups excluding carboxylic acids is 1. The van der Waals surface area contributed by atoms with Crippen molar-refractivity contribution in [1.29, 1.82) is 0 Å². The molecule has 0 rings (SSSR count). The third-order valence-electron chi connectivity index (χ3n) is 11.9. The monoisotopic (exact) mass is 829 g/mol. The lowest BCUT2D eigenvalue weighted by Gasteiger charge is -2.16. The Hall–Kier alpha value is -1.39. The van der Waals surface area contributed by atoms with Gasteiger partial charge in [-0.3, -0.25) is 4.79 Å². The molecule has 0 aliphatic carbocycles. The van der Waals surface area contributed by atoms with Crippen molar-refractivity contribution >= 4 is 5.97 Å². The summed E-state index contributed by atoms with van der Waals surface area (Å²) in [5, 5.41) is 9.66. The van der Waals surface area contributed by atoms with E-state index in [0.717, 1.165) is 25.7 Å². The summed E-state index contributed by atoms with van der Waals surface area (Å²) in [6, 6.07) is 0. The minimum atomic E-state index is -0.536. The lowest BCUT2D eigenvalue weighted by Crippen LogP contribution is -2.27. The van der Waals surface area contributed by atoms with Crippen LogP contribution in [0.15, 0.2) is 36.5 Å². The van der Waals surface area contributed by atoms with Crippen molar-refractivity contribution in [1.82, 2.24) is 0 Å². The minimum Gasteiger partial charge on any atom is -0.457 e. The Balaban J connectivity index is 3.38. The molecule has 1 N–H and O–H groups in total. The van der Waals surface area contributed by atoms with Gasteiger partial charge in [-0.25, -0.2) is 0 Å². The van der Waals surface area contributed by atoms with E-state index < -0.39 is 6.10 Å². The Kier molecular flexibility index (Phi) is 51.5. The second-order valence-electron chi connectivity index (χ2n) is 17.9. The van der Waals surface area contributed by atoms with Crippen LogP contribution in [-0.2, 0) is 14.3 Å². The molecule has 348 valence electrons. The average Bonchev–Trinajstić information content (AvgIpc) is 3.24. The smallest absolute Gasteiger partial charge is 0.306 e. The maximum atomic E-state index is 12.3. The highest BCUT2D eigenvalue weighted by molar-refractivity contribution is 5.69. The second kappa shape index (κ2) is 52.7. The molecular weight excluding hydrogens is 725 g/mol. The molecule has 4 nitrogen and oxygen atoms in total. The van der Waals surface area contributed by atoms with Crippen molar-refractivity contribution in [3.63, 3.8) is 0 Å². The molecule has 0 saturated carbocycles. The number of hydrogen-bond acceptors (Lipinski definition) is 4. The number of ether oxygens (including phenoxy) is 2. The highest BCUT2D eigenvalue weighted by Gasteiger charge is 2.13. The van der Waals surface area contributed by atoms with Gasteiger partial charge in [0.25, 0.3) is 0 Å². The van der Waals surface area contributed by atoms with Gasteiger partial charge in [-0.05, 0) is 70.6 Å². The van der Waals surface area contributed by atoms with E-state index in [-0.39, 0.29) is 12.6 Å². The van der Waals surface area contributed by atoms with E-state index in [1.807, 2.05) is 0 Å². The fraction of sp³-hybridized carbons (Fsp3) is 0.873. The number of unbranched alkanes of at least 4 members (excludes halogenated alkanes) is 36. The zero-order chi connectivity index (χ0) is 42.6. The summed E-state index contributed by atoms with van der Waals surface area (Å²) < 4.78 is 11.2. The molecule has 0 spiro atoms. The summed E-state index contributed by atoms with van der Waals surface area (Å²) in [4.78, 5) is 12.3. The molecule has 0 heterocycles. The fourth-order valence-corrected chi connectivity index (χ4v) is 7.94. The number of carbonyl (C=O) groups is 1. The number of rotatable bonds is 50. The van der Waals surface area contributed by atoms with Gasteiger partial charge in [0.15, 0.2) is 0 Å². The SMILES string of the molecule is CCCCCCC/C=C\C/C=C\CCCCCCCCCCCC(=O)OC(CO)COCCCCCCCCCCCCCCCC/C=C\CCCCCCCCCC. The molecular formula is C55H104O4. The summed E-state index contributed by atoms with van der Waals surface area (Å²) in [5.74, 6) is -0.200. The Morgan fingerprint density at radius 3 is 1.07 bits per heavy atom. The van der Waals surface area contributed by atoms with Crippen LogP contribution in [0.25, 0.3) is 0 Å². The van der Waals surface area contributed by atoms with E-state index in [1.165, 1.54) is 238 Å². The number of allylic oxidation sites excluding steroid dienone is 6. The van der Waals surface area contributed by atoms with Gasteiger partial charge >= 0.3 is 5.97 Å². The van der Waals surface area contributed by atoms with E-state index in [4.69, 9.17) is 9.47 Å². The van der Waals surface area contributed by atoms with Crippen molar-refractivity contribution in [2.24, 2.45) is 0 Å². The molecule has 0 fully saturated rings. The van der Waals surface area contributed by atoms with E-state index in [9.17, 15) is 9.90 Å². The summed E-state index contributed by atoms with van der Waals surface area (Å²) in [7, 11) is 0. The molecule has 0 amide bonds. The Labute approximate surface area is 370 Å². The summed E-state index contributed by atoms with van der Waals surface area (Å²) in [6.45, 7) is 5.37. The summed E-state index contributed by atoms with van der Waals surface area (Å²) in [5.41, 5.74) is 0. The van der Waals surface area contributed by atoms with Gasteiger partial charge in [0, 0.05) is 13.0 Å². The first-order chi connectivity index (χ1) is 29.2. The average molecular weight is 829 g/mol. The number of aliphatic hydroxyl groups excluding tert-OH is 1. The summed E-state index contributed by atoms with van der Waals surface area (Å²) >= 11 is 0. The van der Waals surface area contributed by atoms with Gasteiger partial charge in [-0.15, -0.1) is 0 Å². The van der Waals surface area contributed by atoms with Crippen LogP contribution in [0.1, 0.15) is 284 Å². The first-order valence-corrected chi connectivity index (χ1v) is 26.6. The fourth-order valence-electron chi connectivity index (χ4n) is 7.94. The highest BCUT2D eigenvalue weighted by atomic mass is 16.6. The lowest BCUT2D eigenvalue weighted by atomic mass is 10.0. The van der Waals surface area contributed by atoms with Crippen molar-refractivity contribution in [3.05, 3.63) is 36.5 Å². The molecule has 0 aromatic rings. The molecule has 0 aliphatic heterocycles. The van der Waals surface area contributed by atoms with Gasteiger partial charge in [0.05, 0.1) is 13.2 Å². The van der Waals surface area contributed by atoms with Crippen LogP contribution in [0.4, 0.5) is 0 Å². The maximum absolute atomic E-state index is 12.3. The van der Waals surface area contributed by atoms with E-state index in [0.29, 0.717) is 19.6 Å². The standard InChI is InChI=1S/C55H104O4/c1-3-5-7-9-11-13-15-17-19-21-23-25-26-27-28-29-31-33-35-37-39-41-43-45-47-49-51-58-53-54(52-56)59-55(57)50-48-46-44-42-40-38-36-34-32-30-24-22-20-18-16-14-12-10-8-6-4-2/h16,18,21-24,54,56H,3-15,17,19-20,25-53H2,1-2H3/b18-16-,23-21-,24-22-. The van der Waals surface area contributed by atoms with Gasteiger partial charge < -0.3 is 14.6 Å². The van der Waals surface area contributed by atoms with Crippen LogP contribution in [0, 0.1) is 0 Å². The molecule has 0 bridgehead atoms. The first kappa shape index (κ1) is 57.6. The summed E-state index contributed by atoms with van der Waals surface area (Å²) in [6.07, 6.45) is 68.2. The lowest BCUT2D eigenvalue weighted by molar-refractivity contribution is -0.154. The number of aliphatic hydroxyl groups is 1. The first-order valence-electron chi connectivity index (χ1n) is 26.6. The normalized spacial score (nSPS) is 12.5. The van der Waals surface area contributed by atoms with Crippen molar-refractivity contribution in [2.75, 3.05) is 19.8 Å². The maximum Gasteiger partial charge on any atom is 0.306 e. The van der Waals surface area contributed by atoms with E-state index in [1.54, 1.807) is 0 Å². The highest BCUT2D eigenvalue weighted by Crippen LogP contribution is 2.16. The van der Waals surface area contributed by atoms with Crippen LogP contribution in [0.3, 0.4) is 0 Å². The van der Waals surface area contributed by atoms with Crippen LogP contribution in [-0.4, -0.2) is 37.0 Å². The molecule has 1 atom stereocenters. The molecule has 59 heavy (non-hydrogen) atoms. The largest absolute Gasteiger partial charge is 0.457 e. The quantitative estimate of drug-likeness (QED) is 0.0377. The van der Waals surface area contributed by atoms with Crippen LogP contribution in [0.5, 0.6) is 0 Å². The molecule has 0 aromatic heterocycles. The predicted molar refractivity (Wildman–Crippen MR) is 260 cm³/mol. The third-order valence-corrected chi connectivity index (χ3v) is 11.9. The zero-order valence-electron chi connectivity index (χ0n) is 40.0. The molecule has 0 aromatic carbocycles. The van der Waals surface area contributed by atoms with Crippen molar-refractivity contribution in [3.8, 4) is 0 Å².